The first-order valence-corrected chi connectivity index (χ1v) is 8.57. The van der Waals surface area contributed by atoms with Crippen LogP contribution in [0.25, 0.3) is 0 Å². The van der Waals surface area contributed by atoms with Crippen LogP contribution in [0.3, 0.4) is 0 Å². The van der Waals surface area contributed by atoms with Crippen molar-refractivity contribution in [1.29, 1.82) is 0 Å². The molecule has 0 aliphatic carbocycles. The Balaban J connectivity index is 1.71. The summed E-state index contributed by atoms with van der Waals surface area (Å²) < 4.78 is 34.0. The van der Waals surface area contributed by atoms with Gasteiger partial charge in [0.05, 0.1) is 12.6 Å². The summed E-state index contributed by atoms with van der Waals surface area (Å²) in [7, 11) is 0. The van der Waals surface area contributed by atoms with Gasteiger partial charge >= 0.3 is 6.61 Å². The van der Waals surface area contributed by atoms with Gasteiger partial charge in [0.25, 0.3) is 0 Å². The number of carbonyl (C=O) groups excluding carboxylic acids is 1. The maximum absolute atomic E-state index is 12.3. The third-order valence-corrected chi connectivity index (χ3v) is 3.93. The number of benzene rings is 2. The van der Waals surface area contributed by atoms with Crippen LogP contribution in [0.4, 0.5) is 14.6 Å². The SMILES string of the molecule is Cc1cc(NC(=O)CN[C@@H](c2ccccc2)c2ccc(OC(F)F)cc2)no1. The predicted octanol–water partition coefficient (Wildman–Crippen LogP) is 3.90. The van der Waals surface area contributed by atoms with Crippen LogP contribution < -0.4 is 15.4 Å². The molecule has 1 aromatic heterocycles. The number of rotatable bonds is 8. The lowest BCUT2D eigenvalue weighted by molar-refractivity contribution is -0.115. The smallest absolute Gasteiger partial charge is 0.387 e. The Labute approximate surface area is 160 Å². The zero-order valence-electron chi connectivity index (χ0n) is 15.1. The molecule has 3 aromatic rings. The molecule has 1 atom stereocenters. The Morgan fingerprint density at radius 1 is 1.11 bits per heavy atom. The molecule has 0 aliphatic heterocycles. The van der Waals surface area contributed by atoms with E-state index in [0.717, 1.165) is 11.1 Å². The quantitative estimate of drug-likeness (QED) is 0.613. The van der Waals surface area contributed by atoms with Crippen molar-refractivity contribution in [2.45, 2.75) is 19.6 Å². The van der Waals surface area contributed by atoms with Gasteiger partial charge < -0.3 is 14.6 Å². The molecule has 0 aliphatic rings. The molecule has 1 heterocycles. The first-order chi connectivity index (χ1) is 13.5. The van der Waals surface area contributed by atoms with Gasteiger partial charge in [0.1, 0.15) is 11.5 Å². The number of hydrogen-bond donors (Lipinski definition) is 2. The number of halogens is 2. The summed E-state index contributed by atoms with van der Waals surface area (Å²) in [6.07, 6.45) is 0. The van der Waals surface area contributed by atoms with Crippen LogP contribution in [0.2, 0.25) is 0 Å². The summed E-state index contributed by atoms with van der Waals surface area (Å²) in [4.78, 5) is 12.2. The highest BCUT2D eigenvalue weighted by molar-refractivity contribution is 5.91. The molecular formula is C20H19F2N3O3. The van der Waals surface area contributed by atoms with Crippen molar-refractivity contribution in [3.8, 4) is 5.75 Å². The second kappa shape index (κ2) is 9.09. The van der Waals surface area contributed by atoms with Crippen molar-refractivity contribution in [3.63, 3.8) is 0 Å². The molecule has 0 bridgehead atoms. The lowest BCUT2D eigenvalue weighted by atomic mass is 9.98. The molecule has 8 heteroatoms. The number of aryl methyl sites for hydroxylation is 1. The van der Waals surface area contributed by atoms with E-state index in [1.807, 2.05) is 30.3 Å². The van der Waals surface area contributed by atoms with Crippen molar-refractivity contribution in [2.75, 3.05) is 11.9 Å². The number of alkyl halides is 2. The lowest BCUT2D eigenvalue weighted by Gasteiger charge is -2.20. The van der Waals surface area contributed by atoms with E-state index < -0.39 is 6.61 Å². The van der Waals surface area contributed by atoms with Crippen molar-refractivity contribution < 1.29 is 22.8 Å². The molecule has 2 aromatic carbocycles. The Bertz CT molecular complexity index is 899. The summed E-state index contributed by atoms with van der Waals surface area (Å²) in [5.74, 6) is 0.724. The van der Waals surface area contributed by atoms with E-state index >= 15 is 0 Å². The second-order valence-electron chi connectivity index (χ2n) is 6.04. The number of carbonyl (C=O) groups is 1. The van der Waals surface area contributed by atoms with Gasteiger partial charge in [-0.25, -0.2) is 0 Å². The van der Waals surface area contributed by atoms with Crippen LogP contribution >= 0.6 is 0 Å². The fraction of sp³-hybridized carbons (Fsp3) is 0.200. The minimum absolute atomic E-state index is 0.0146. The Morgan fingerprint density at radius 2 is 1.79 bits per heavy atom. The van der Waals surface area contributed by atoms with Crippen LogP contribution in [0, 0.1) is 6.92 Å². The average Bonchev–Trinajstić information content (AvgIpc) is 3.08. The minimum Gasteiger partial charge on any atom is -0.435 e. The van der Waals surface area contributed by atoms with Gasteiger partial charge in [-0.15, -0.1) is 0 Å². The zero-order valence-corrected chi connectivity index (χ0v) is 15.1. The predicted molar refractivity (Wildman–Crippen MR) is 99.2 cm³/mol. The molecule has 0 saturated carbocycles. The van der Waals surface area contributed by atoms with E-state index in [2.05, 4.69) is 20.5 Å². The van der Waals surface area contributed by atoms with Crippen molar-refractivity contribution in [1.82, 2.24) is 10.5 Å². The molecule has 1 amide bonds. The van der Waals surface area contributed by atoms with E-state index in [0.29, 0.717) is 11.6 Å². The summed E-state index contributed by atoms with van der Waals surface area (Å²) in [5, 5.41) is 9.54. The number of nitrogens with one attached hydrogen (secondary N) is 2. The molecule has 0 fully saturated rings. The molecular weight excluding hydrogens is 368 g/mol. The summed E-state index contributed by atoms with van der Waals surface area (Å²) >= 11 is 0. The zero-order chi connectivity index (χ0) is 19.9. The van der Waals surface area contributed by atoms with Gasteiger partial charge in [0, 0.05) is 6.07 Å². The van der Waals surface area contributed by atoms with Crippen LogP contribution in [0.15, 0.2) is 65.2 Å². The van der Waals surface area contributed by atoms with E-state index in [9.17, 15) is 13.6 Å². The Hall–Kier alpha value is -3.26. The monoisotopic (exact) mass is 387 g/mol. The van der Waals surface area contributed by atoms with Crippen molar-refractivity contribution in [2.24, 2.45) is 0 Å². The van der Waals surface area contributed by atoms with Gasteiger partial charge in [0.15, 0.2) is 5.82 Å². The third-order valence-electron chi connectivity index (χ3n) is 3.93. The minimum atomic E-state index is -2.88. The maximum Gasteiger partial charge on any atom is 0.387 e. The van der Waals surface area contributed by atoms with Crippen LogP contribution in [-0.2, 0) is 4.79 Å². The second-order valence-corrected chi connectivity index (χ2v) is 6.04. The first kappa shape index (κ1) is 19.5. The van der Waals surface area contributed by atoms with Gasteiger partial charge in [-0.3, -0.25) is 10.1 Å². The van der Waals surface area contributed by atoms with Crippen LogP contribution in [0.1, 0.15) is 22.9 Å². The molecule has 0 unspecified atom stereocenters. The highest BCUT2D eigenvalue weighted by Crippen LogP contribution is 2.24. The fourth-order valence-corrected chi connectivity index (χ4v) is 2.72. The van der Waals surface area contributed by atoms with Crippen molar-refractivity contribution in [3.05, 3.63) is 77.6 Å². The van der Waals surface area contributed by atoms with E-state index in [1.165, 1.54) is 12.1 Å². The van der Waals surface area contributed by atoms with E-state index in [1.54, 1.807) is 25.1 Å². The maximum atomic E-state index is 12.3. The Kier molecular flexibility index (Phi) is 6.33. The Morgan fingerprint density at radius 3 is 2.39 bits per heavy atom. The molecule has 0 radical (unpaired) electrons. The molecule has 0 spiro atoms. The molecule has 0 saturated heterocycles. The largest absolute Gasteiger partial charge is 0.435 e. The van der Waals surface area contributed by atoms with Crippen LogP contribution in [-0.4, -0.2) is 24.2 Å². The van der Waals surface area contributed by atoms with E-state index in [4.69, 9.17) is 4.52 Å². The number of ether oxygens (including phenoxy) is 1. The van der Waals surface area contributed by atoms with E-state index in [-0.39, 0.29) is 24.2 Å². The van der Waals surface area contributed by atoms with Crippen molar-refractivity contribution >= 4 is 11.7 Å². The molecule has 2 N–H and O–H groups in total. The van der Waals surface area contributed by atoms with Gasteiger partial charge in [-0.1, -0.05) is 47.6 Å². The van der Waals surface area contributed by atoms with Crippen LogP contribution in [0.5, 0.6) is 5.75 Å². The van der Waals surface area contributed by atoms with Gasteiger partial charge in [0.2, 0.25) is 5.91 Å². The number of aromatic nitrogens is 1. The highest BCUT2D eigenvalue weighted by atomic mass is 19.3. The summed E-state index contributed by atoms with van der Waals surface area (Å²) in [6.45, 7) is -1.13. The highest BCUT2D eigenvalue weighted by Gasteiger charge is 2.16. The topological polar surface area (TPSA) is 76.4 Å². The molecule has 146 valence electrons. The first-order valence-electron chi connectivity index (χ1n) is 8.57. The van der Waals surface area contributed by atoms with Gasteiger partial charge in [-0.05, 0) is 30.2 Å². The van der Waals surface area contributed by atoms with Gasteiger partial charge in [-0.2, -0.15) is 8.78 Å². The normalized spacial score (nSPS) is 12.0. The summed E-state index contributed by atoms with van der Waals surface area (Å²) in [5.41, 5.74) is 1.73. The number of hydrogen-bond acceptors (Lipinski definition) is 5. The number of amides is 1. The fourth-order valence-electron chi connectivity index (χ4n) is 2.72. The third kappa shape index (κ3) is 5.37. The number of anilines is 1. The lowest BCUT2D eigenvalue weighted by Crippen LogP contribution is -2.32. The molecule has 3 rings (SSSR count). The number of nitrogens with zero attached hydrogens (tertiary/aromatic N) is 1. The molecule has 28 heavy (non-hydrogen) atoms. The standard InChI is InChI=1S/C20H19F2N3O3/c1-13-11-17(25-28-13)24-18(26)12-23-19(14-5-3-2-4-6-14)15-7-9-16(10-8-15)27-20(21)22/h2-11,19-20,23H,12H2,1H3,(H,24,25,26)/t19-/m0/s1. The average molecular weight is 387 g/mol. The summed E-state index contributed by atoms with van der Waals surface area (Å²) in [6, 6.07) is 17.1. The molecule has 6 nitrogen and oxygen atoms in total.